The van der Waals surface area contributed by atoms with E-state index < -0.39 is 9.84 Å². The molecule has 1 aliphatic rings. The summed E-state index contributed by atoms with van der Waals surface area (Å²) in [5.74, 6) is 1.19. The SMILES string of the molecule is CNCC(c1ccc(Br)cc1)C1CCCS(=O)(=O)C1. The van der Waals surface area contributed by atoms with Crippen molar-refractivity contribution in [1.82, 2.24) is 5.32 Å². The lowest BCUT2D eigenvalue weighted by Gasteiger charge is -2.30. The topological polar surface area (TPSA) is 46.2 Å². The van der Waals surface area contributed by atoms with Gasteiger partial charge in [-0.25, -0.2) is 8.42 Å². The molecule has 19 heavy (non-hydrogen) atoms. The maximum absolute atomic E-state index is 11.8. The van der Waals surface area contributed by atoms with E-state index in [1.54, 1.807) is 0 Å². The van der Waals surface area contributed by atoms with Crippen LogP contribution in [0, 0.1) is 5.92 Å². The molecule has 0 spiro atoms. The summed E-state index contributed by atoms with van der Waals surface area (Å²) in [5.41, 5.74) is 1.22. The summed E-state index contributed by atoms with van der Waals surface area (Å²) in [6.45, 7) is 0.821. The van der Waals surface area contributed by atoms with Gasteiger partial charge in [-0.2, -0.15) is 0 Å². The van der Waals surface area contributed by atoms with Crippen LogP contribution in [-0.2, 0) is 9.84 Å². The Morgan fingerprint density at radius 1 is 1.37 bits per heavy atom. The van der Waals surface area contributed by atoms with Gasteiger partial charge in [-0.05, 0) is 43.5 Å². The standard InChI is InChI=1S/C14H20BrNO2S/c1-16-9-14(11-4-6-13(15)7-5-11)12-3-2-8-19(17,18)10-12/h4-7,12,14,16H,2-3,8-10H2,1H3. The zero-order valence-corrected chi connectivity index (χ0v) is 13.5. The van der Waals surface area contributed by atoms with E-state index >= 15 is 0 Å². The molecule has 0 aromatic heterocycles. The highest BCUT2D eigenvalue weighted by Gasteiger charge is 2.31. The fourth-order valence-corrected chi connectivity index (χ4v) is 4.95. The molecular weight excluding hydrogens is 326 g/mol. The van der Waals surface area contributed by atoms with E-state index in [4.69, 9.17) is 0 Å². The predicted molar refractivity (Wildman–Crippen MR) is 82.2 cm³/mol. The summed E-state index contributed by atoms with van der Waals surface area (Å²) in [4.78, 5) is 0. The van der Waals surface area contributed by atoms with Crippen molar-refractivity contribution in [2.75, 3.05) is 25.1 Å². The van der Waals surface area contributed by atoms with Crippen molar-refractivity contribution in [3.63, 3.8) is 0 Å². The van der Waals surface area contributed by atoms with Gasteiger partial charge >= 0.3 is 0 Å². The van der Waals surface area contributed by atoms with Gasteiger partial charge in [0.25, 0.3) is 0 Å². The largest absolute Gasteiger partial charge is 0.319 e. The summed E-state index contributed by atoms with van der Waals surface area (Å²) in [6, 6.07) is 8.23. The molecule has 0 saturated carbocycles. The van der Waals surface area contributed by atoms with Crippen molar-refractivity contribution >= 4 is 25.8 Å². The van der Waals surface area contributed by atoms with Crippen LogP contribution in [0.1, 0.15) is 24.3 Å². The van der Waals surface area contributed by atoms with E-state index in [9.17, 15) is 8.42 Å². The molecule has 0 amide bonds. The van der Waals surface area contributed by atoms with Crippen molar-refractivity contribution in [3.8, 4) is 0 Å². The van der Waals surface area contributed by atoms with Crippen LogP contribution in [0.25, 0.3) is 0 Å². The first-order chi connectivity index (χ1) is 9.02. The molecule has 5 heteroatoms. The first-order valence-electron chi connectivity index (χ1n) is 6.62. The van der Waals surface area contributed by atoms with E-state index in [1.807, 2.05) is 19.2 Å². The highest BCUT2D eigenvalue weighted by atomic mass is 79.9. The van der Waals surface area contributed by atoms with Gasteiger partial charge in [-0.1, -0.05) is 28.1 Å². The summed E-state index contributed by atoms with van der Waals surface area (Å²) >= 11 is 3.44. The molecule has 3 nitrogen and oxygen atoms in total. The maximum atomic E-state index is 11.8. The Balaban J connectivity index is 2.22. The van der Waals surface area contributed by atoms with Crippen LogP contribution in [0.15, 0.2) is 28.7 Å². The number of nitrogens with one attached hydrogen (secondary N) is 1. The zero-order valence-electron chi connectivity index (χ0n) is 11.1. The third kappa shape index (κ3) is 4.04. The zero-order chi connectivity index (χ0) is 13.9. The molecular formula is C14H20BrNO2S. The molecule has 0 bridgehead atoms. The Morgan fingerprint density at radius 3 is 2.63 bits per heavy atom. The van der Waals surface area contributed by atoms with Crippen LogP contribution in [0.3, 0.4) is 0 Å². The highest BCUT2D eigenvalue weighted by Crippen LogP contribution is 2.32. The van der Waals surface area contributed by atoms with E-state index in [1.165, 1.54) is 5.56 Å². The molecule has 2 rings (SSSR count). The number of benzene rings is 1. The highest BCUT2D eigenvalue weighted by molar-refractivity contribution is 9.10. The minimum atomic E-state index is -2.85. The number of rotatable bonds is 4. The maximum Gasteiger partial charge on any atom is 0.150 e. The summed E-state index contributed by atoms with van der Waals surface area (Å²) in [7, 11) is -0.929. The average molecular weight is 346 g/mol. The second kappa shape index (κ2) is 6.37. The molecule has 1 fully saturated rings. The van der Waals surface area contributed by atoms with Crippen LogP contribution < -0.4 is 5.32 Å². The predicted octanol–water partition coefficient (Wildman–Crippen LogP) is 2.58. The molecule has 1 aromatic carbocycles. The monoisotopic (exact) mass is 345 g/mol. The van der Waals surface area contributed by atoms with Crippen molar-refractivity contribution in [2.24, 2.45) is 5.92 Å². The van der Waals surface area contributed by atoms with Crippen molar-refractivity contribution in [3.05, 3.63) is 34.3 Å². The minimum absolute atomic E-state index is 0.229. The third-order valence-corrected chi connectivity index (χ3v) is 6.16. The normalized spacial score (nSPS) is 24.0. The molecule has 1 aliphatic heterocycles. The second-order valence-electron chi connectivity index (χ2n) is 5.23. The average Bonchev–Trinajstić information content (AvgIpc) is 2.36. The fraction of sp³-hybridized carbons (Fsp3) is 0.571. The van der Waals surface area contributed by atoms with E-state index in [-0.39, 0.29) is 11.8 Å². The summed E-state index contributed by atoms with van der Waals surface area (Å²) in [5, 5.41) is 3.20. The molecule has 2 unspecified atom stereocenters. The van der Waals surface area contributed by atoms with Gasteiger partial charge < -0.3 is 5.32 Å². The Bertz CT molecular complexity index is 513. The fourth-order valence-electron chi connectivity index (χ4n) is 2.86. The van der Waals surface area contributed by atoms with Crippen molar-refractivity contribution in [1.29, 1.82) is 0 Å². The van der Waals surface area contributed by atoms with Crippen LogP contribution in [-0.4, -0.2) is 33.5 Å². The van der Waals surface area contributed by atoms with Crippen molar-refractivity contribution in [2.45, 2.75) is 18.8 Å². The van der Waals surface area contributed by atoms with Crippen LogP contribution in [0.2, 0.25) is 0 Å². The molecule has 106 valence electrons. The first kappa shape index (κ1) is 15.0. The van der Waals surface area contributed by atoms with E-state index in [0.29, 0.717) is 11.5 Å². The smallest absolute Gasteiger partial charge is 0.150 e. The lowest BCUT2D eigenvalue weighted by Crippen LogP contribution is -2.33. The van der Waals surface area contributed by atoms with Gasteiger partial charge in [0.2, 0.25) is 0 Å². The van der Waals surface area contributed by atoms with Gasteiger partial charge in [0, 0.05) is 16.9 Å². The molecule has 1 aromatic rings. The Labute approximate surface area is 123 Å². The van der Waals surface area contributed by atoms with Gasteiger partial charge in [-0.3, -0.25) is 0 Å². The van der Waals surface area contributed by atoms with Gasteiger partial charge in [0.05, 0.1) is 11.5 Å². The lowest BCUT2D eigenvalue weighted by molar-refractivity contribution is 0.398. The minimum Gasteiger partial charge on any atom is -0.319 e. The van der Waals surface area contributed by atoms with Gasteiger partial charge in [-0.15, -0.1) is 0 Å². The molecule has 1 saturated heterocycles. The second-order valence-corrected chi connectivity index (χ2v) is 8.38. The summed E-state index contributed by atoms with van der Waals surface area (Å²) < 4.78 is 24.7. The first-order valence-corrected chi connectivity index (χ1v) is 9.24. The number of sulfone groups is 1. The van der Waals surface area contributed by atoms with Crippen molar-refractivity contribution < 1.29 is 8.42 Å². The van der Waals surface area contributed by atoms with Gasteiger partial charge in [0.1, 0.15) is 0 Å². The van der Waals surface area contributed by atoms with Crippen LogP contribution in [0.5, 0.6) is 0 Å². The third-order valence-electron chi connectivity index (χ3n) is 3.79. The van der Waals surface area contributed by atoms with E-state index in [0.717, 1.165) is 23.9 Å². The lowest BCUT2D eigenvalue weighted by atomic mass is 9.84. The molecule has 0 aliphatic carbocycles. The molecule has 1 heterocycles. The number of hydrogen-bond donors (Lipinski definition) is 1. The molecule has 2 atom stereocenters. The van der Waals surface area contributed by atoms with Crippen LogP contribution in [0.4, 0.5) is 0 Å². The van der Waals surface area contributed by atoms with Crippen LogP contribution >= 0.6 is 15.9 Å². The molecule has 0 radical (unpaired) electrons. The Kier molecular flexibility index (Phi) is 5.03. The number of halogens is 1. The van der Waals surface area contributed by atoms with Gasteiger partial charge in [0.15, 0.2) is 9.84 Å². The Morgan fingerprint density at radius 2 is 2.05 bits per heavy atom. The number of hydrogen-bond acceptors (Lipinski definition) is 3. The summed E-state index contributed by atoms with van der Waals surface area (Å²) in [6.07, 6.45) is 1.80. The number of likely N-dealkylation sites (N-methyl/N-ethyl adjacent to an activating group) is 1. The van der Waals surface area contributed by atoms with E-state index in [2.05, 4.69) is 33.4 Å². The molecule has 1 N–H and O–H groups in total. The quantitative estimate of drug-likeness (QED) is 0.912. The Hall–Kier alpha value is -0.390.